The SMILES string of the molecule is CCOCCn1c(=O)c2c(nc3n(-c4ccccc4)c(C)c(C)n23)n(C)c1=O. The molecule has 28 heavy (non-hydrogen) atoms. The molecule has 0 fully saturated rings. The highest BCUT2D eigenvalue weighted by atomic mass is 16.5. The number of para-hydroxylation sites is 1. The molecule has 3 aromatic heterocycles. The molecule has 0 unspecified atom stereocenters. The molecule has 0 bridgehead atoms. The van der Waals surface area contributed by atoms with Gasteiger partial charge in [-0.25, -0.2) is 4.79 Å². The van der Waals surface area contributed by atoms with Crippen molar-refractivity contribution in [2.24, 2.45) is 7.05 Å². The second kappa shape index (κ2) is 6.79. The minimum Gasteiger partial charge on any atom is -0.380 e. The van der Waals surface area contributed by atoms with Crippen molar-refractivity contribution in [1.29, 1.82) is 0 Å². The standard InChI is InChI=1S/C20H23N5O3/c1-5-28-12-11-23-18(26)16-17(22(4)20(23)27)21-19-24(13(2)14(3)25(16)19)15-9-7-6-8-10-15/h6-10H,5,11-12H2,1-4H3. The lowest BCUT2D eigenvalue weighted by Gasteiger charge is -2.08. The van der Waals surface area contributed by atoms with Gasteiger partial charge in [0.05, 0.1) is 13.2 Å². The lowest BCUT2D eigenvalue weighted by Crippen LogP contribution is -2.40. The zero-order valence-electron chi connectivity index (χ0n) is 16.5. The van der Waals surface area contributed by atoms with Crippen LogP contribution < -0.4 is 11.2 Å². The summed E-state index contributed by atoms with van der Waals surface area (Å²) in [5.41, 5.74) is 2.90. The maximum Gasteiger partial charge on any atom is 0.332 e. The van der Waals surface area contributed by atoms with Gasteiger partial charge in [0.25, 0.3) is 5.56 Å². The molecular weight excluding hydrogens is 358 g/mol. The van der Waals surface area contributed by atoms with E-state index in [2.05, 4.69) is 4.98 Å². The van der Waals surface area contributed by atoms with E-state index in [4.69, 9.17) is 4.74 Å². The molecule has 0 atom stereocenters. The van der Waals surface area contributed by atoms with E-state index in [0.717, 1.165) is 17.1 Å². The van der Waals surface area contributed by atoms with Gasteiger partial charge in [0.1, 0.15) is 0 Å². The van der Waals surface area contributed by atoms with Crippen molar-refractivity contribution in [3.05, 3.63) is 62.6 Å². The second-order valence-corrected chi connectivity index (χ2v) is 6.76. The van der Waals surface area contributed by atoms with Gasteiger partial charge in [0.2, 0.25) is 5.78 Å². The van der Waals surface area contributed by atoms with Gasteiger partial charge in [0, 0.05) is 30.7 Å². The van der Waals surface area contributed by atoms with E-state index < -0.39 is 5.69 Å². The number of rotatable bonds is 5. The summed E-state index contributed by atoms with van der Waals surface area (Å²) in [7, 11) is 1.64. The summed E-state index contributed by atoms with van der Waals surface area (Å²) in [4.78, 5) is 30.6. The van der Waals surface area contributed by atoms with Gasteiger partial charge in [-0.2, -0.15) is 4.98 Å². The summed E-state index contributed by atoms with van der Waals surface area (Å²) >= 11 is 0. The number of imidazole rings is 2. The topological polar surface area (TPSA) is 75.5 Å². The molecule has 8 nitrogen and oxygen atoms in total. The van der Waals surface area contributed by atoms with Gasteiger partial charge in [-0.05, 0) is 32.9 Å². The smallest absolute Gasteiger partial charge is 0.332 e. The molecular formula is C20H23N5O3. The van der Waals surface area contributed by atoms with E-state index in [9.17, 15) is 9.59 Å². The molecule has 146 valence electrons. The Morgan fingerprint density at radius 1 is 1.07 bits per heavy atom. The van der Waals surface area contributed by atoms with Crippen LogP contribution in [0.2, 0.25) is 0 Å². The Labute approximate surface area is 161 Å². The van der Waals surface area contributed by atoms with Crippen LogP contribution in [0.3, 0.4) is 0 Å². The fraction of sp³-hybridized carbons (Fsp3) is 0.350. The van der Waals surface area contributed by atoms with Crippen molar-refractivity contribution < 1.29 is 4.74 Å². The first-order valence-electron chi connectivity index (χ1n) is 9.30. The summed E-state index contributed by atoms with van der Waals surface area (Å²) in [5.74, 6) is 0.617. The van der Waals surface area contributed by atoms with E-state index in [1.807, 2.05) is 60.1 Å². The summed E-state index contributed by atoms with van der Waals surface area (Å²) < 4.78 is 11.8. The minimum absolute atomic E-state index is 0.208. The lowest BCUT2D eigenvalue weighted by molar-refractivity contribution is 0.137. The maximum absolute atomic E-state index is 13.2. The Morgan fingerprint density at radius 2 is 1.79 bits per heavy atom. The van der Waals surface area contributed by atoms with Crippen LogP contribution >= 0.6 is 0 Å². The number of aromatic nitrogens is 5. The highest BCUT2D eigenvalue weighted by Crippen LogP contribution is 2.24. The molecule has 3 heterocycles. The first-order valence-corrected chi connectivity index (χ1v) is 9.30. The Hall–Kier alpha value is -3.13. The molecule has 0 saturated heterocycles. The van der Waals surface area contributed by atoms with E-state index in [0.29, 0.717) is 30.2 Å². The number of ether oxygens (including phenoxy) is 1. The van der Waals surface area contributed by atoms with Crippen LogP contribution in [0.25, 0.3) is 22.6 Å². The third-order valence-electron chi connectivity index (χ3n) is 5.20. The highest BCUT2D eigenvalue weighted by molar-refractivity contribution is 5.77. The van der Waals surface area contributed by atoms with Gasteiger partial charge < -0.3 is 4.74 Å². The predicted octanol–water partition coefficient (Wildman–Crippen LogP) is 1.79. The van der Waals surface area contributed by atoms with Crippen molar-refractivity contribution in [1.82, 2.24) is 23.1 Å². The molecule has 0 amide bonds. The van der Waals surface area contributed by atoms with Gasteiger partial charge in [-0.15, -0.1) is 0 Å². The number of nitrogens with zero attached hydrogens (tertiary/aromatic N) is 5. The van der Waals surface area contributed by atoms with E-state index in [-0.39, 0.29) is 12.1 Å². The average Bonchev–Trinajstić information content (AvgIpc) is 3.19. The van der Waals surface area contributed by atoms with Gasteiger partial charge in [-0.3, -0.25) is 22.9 Å². The van der Waals surface area contributed by atoms with E-state index in [1.54, 1.807) is 7.05 Å². The fourth-order valence-corrected chi connectivity index (χ4v) is 3.63. The monoisotopic (exact) mass is 381 g/mol. The number of hydrogen-bond acceptors (Lipinski definition) is 4. The van der Waals surface area contributed by atoms with Crippen LogP contribution in [0.5, 0.6) is 0 Å². The zero-order chi connectivity index (χ0) is 20.0. The fourth-order valence-electron chi connectivity index (χ4n) is 3.63. The lowest BCUT2D eigenvalue weighted by atomic mass is 10.3. The van der Waals surface area contributed by atoms with Gasteiger partial charge >= 0.3 is 5.69 Å². The molecule has 0 N–H and O–H groups in total. The molecule has 0 spiro atoms. The molecule has 4 rings (SSSR count). The van der Waals surface area contributed by atoms with E-state index in [1.165, 1.54) is 9.13 Å². The third kappa shape index (κ3) is 2.52. The molecule has 0 aliphatic carbocycles. The quantitative estimate of drug-likeness (QED) is 0.494. The normalized spacial score (nSPS) is 11.7. The number of fused-ring (bicyclic) bond motifs is 3. The van der Waals surface area contributed by atoms with E-state index >= 15 is 0 Å². The van der Waals surface area contributed by atoms with Crippen molar-refractivity contribution in [3.63, 3.8) is 0 Å². The predicted molar refractivity (Wildman–Crippen MR) is 107 cm³/mol. The highest BCUT2D eigenvalue weighted by Gasteiger charge is 2.23. The summed E-state index contributed by atoms with van der Waals surface area (Å²) in [6.07, 6.45) is 0. The first-order chi connectivity index (χ1) is 13.5. The molecule has 0 radical (unpaired) electrons. The largest absolute Gasteiger partial charge is 0.380 e. The molecule has 8 heteroatoms. The molecule has 0 aliphatic heterocycles. The second-order valence-electron chi connectivity index (χ2n) is 6.76. The minimum atomic E-state index is -0.390. The van der Waals surface area contributed by atoms with Crippen LogP contribution in [0.4, 0.5) is 0 Å². The molecule has 0 aliphatic rings. The maximum atomic E-state index is 13.2. The third-order valence-corrected chi connectivity index (χ3v) is 5.20. The van der Waals surface area contributed by atoms with Crippen molar-refractivity contribution >= 4 is 16.9 Å². The van der Waals surface area contributed by atoms with Crippen LogP contribution in [0.1, 0.15) is 18.3 Å². The Bertz CT molecular complexity index is 1290. The average molecular weight is 381 g/mol. The van der Waals surface area contributed by atoms with Crippen LogP contribution in [-0.4, -0.2) is 36.3 Å². The first kappa shape index (κ1) is 18.2. The Kier molecular flexibility index (Phi) is 4.43. The van der Waals surface area contributed by atoms with Crippen LogP contribution in [0.15, 0.2) is 39.9 Å². The number of benzene rings is 1. The summed E-state index contributed by atoms with van der Waals surface area (Å²) in [6, 6.07) is 9.85. The Morgan fingerprint density at radius 3 is 2.46 bits per heavy atom. The number of aryl methyl sites for hydroxylation is 2. The summed E-state index contributed by atoms with van der Waals surface area (Å²) in [5, 5.41) is 0. The van der Waals surface area contributed by atoms with Crippen LogP contribution in [0, 0.1) is 13.8 Å². The Balaban J connectivity index is 2.08. The van der Waals surface area contributed by atoms with Crippen LogP contribution in [-0.2, 0) is 18.3 Å². The van der Waals surface area contributed by atoms with Gasteiger partial charge in [-0.1, -0.05) is 18.2 Å². The van der Waals surface area contributed by atoms with Gasteiger partial charge in [0.15, 0.2) is 11.2 Å². The molecule has 4 aromatic rings. The van der Waals surface area contributed by atoms with Crippen molar-refractivity contribution in [3.8, 4) is 5.69 Å². The zero-order valence-corrected chi connectivity index (χ0v) is 16.5. The number of hydrogen-bond donors (Lipinski definition) is 0. The van der Waals surface area contributed by atoms with Crippen molar-refractivity contribution in [2.45, 2.75) is 27.3 Å². The summed E-state index contributed by atoms with van der Waals surface area (Å²) in [6.45, 7) is 6.88. The molecule has 0 saturated carbocycles. The van der Waals surface area contributed by atoms with Crippen molar-refractivity contribution in [2.75, 3.05) is 13.2 Å². The molecule has 1 aromatic carbocycles.